The van der Waals surface area contributed by atoms with Gasteiger partial charge in [0.1, 0.15) is 5.69 Å². The van der Waals surface area contributed by atoms with Gasteiger partial charge in [0, 0.05) is 31.7 Å². The molecule has 0 radical (unpaired) electrons. The first-order valence-electron chi connectivity index (χ1n) is 8.93. The fourth-order valence-electron chi connectivity index (χ4n) is 3.90. The molecule has 5 nitrogen and oxygen atoms in total. The Balaban J connectivity index is 1.72. The molecule has 0 aromatic carbocycles. The lowest BCUT2D eigenvalue weighted by molar-refractivity contribution is 0.0689. The van der Waals surface area contributed by atoms with Crippen molar-refractivity contribution in [1.29, 1.82) is 0 Å². The van der Waals surface area contributed by atoms with Crippen molar-refractivity contribution >= 4 is 5.91 Å². The maximum atomic E-state index is 12.8. The molecule has 23 heavy (non-hydrogen) atoms. The molecule has 1 aliphatic heterocycles. The minimum atomic E-state index is 0.0235. The molecule has 0 spiro atoms. The molecule has 1 saturated carbocycles. The standard InChI is InChI=1S/C18H28N4O/c1-21-10-6-7-14(13-21)16-11-19-12-17(20-16)18(23)22(2)15-8-4-3-5-9-15/h11-12,14-15H,3-10,13H2,1-2H3/t14-/m0/s1. The van der Waals surface area contributed by atoms with Crippen LogP contribution in [0.25, 0.3) is 0 Å². The highest BCUT2D eigenvalue weighted by molar-refractivity contribution is 5.92. The van der Waals surface area contributed by atoms with Crippen LogP contribution in [0.15, 0.2) is 12.4 Å². The highest BCUT2D eigenvalue weighted by Crippen LogP contribution is 2.25. The van der Waals surface area contributed by atoms with E-state index in [1.165, 1.54) is 25.7 Å². The Morgan fingerprint density at radius 3 is 2.70 bits per heavy atom. The first-order valence-corrected chi connectivity index (χ1v) is 8.93. The fourth-order valence-corrected chi connectivity index (χ4v) is 3.90. The summed E-state index contributed by atoms with van der Waals surface area (Å²) in [6.45, 7) is 2.15. The van der Waals surface area contributed by atoms with Crippen LogP contribution in [-0.4, -0.2) is 58.9 Å². The molecular formula is C18H28N4O. The average Bonchev–Trinajstić information content (AvgIpc) is 2.61. The molecule has 2 fully saturated rings. The summed E-state index contributed by atoms with van der Waals surface area (Å²) in [6, 6.07) is 0.363. The number of hydrogen-bond donors (Lipinski definition) is 0. The fraction of sp³-hybridized carbons (Fsp3) is 0.722. The molecule has 1 atom stereocenters. The Bertz CT molecular complexity index is 542. The van der Waals surface area contributed by atoms with Crippen molar-refractivity contribution in [2.75, 3.05) is 27.2 Å². The van der Waals surface area contributed by atoms with Crippen molar-refractivity contribution in [3.05, 3.63) is 23.8 Å². The highest BCUT2D eigenvalue weighted by Gasteiger charge is 2.26. The Labute approximate surface area is 139 Å². The zero-order valence-electron chi connectivity index (χ0n) is 14.4. The van der Waals surface area contributed by atoms with Crippen LogP contribution in [0.5, 0.6) is 0 Å². The van der Waals surface area contributed by atoms with Crippen molar-refractivity contribution in [3.8, 4) is 0 Å². The van der Waals surface area contributed by atoms with Crippen LogP contribution >= 0.6 is 0 Å². The SMILES string of the molecule is CN1CCC[C@H](c2cncc(C(=O)N(C)C3CCCCC3)n2)C1. The second-order valence-electron chi connectivity index (χ2n) is 7.14. The molecule has 2 heterocycles. The van der Waals surface area contributed by atoms with E-state index < -0.39 is 0 Å². The van der Waals surface area contributed by atoms with Crippen LogP contribution in [0.4, 0.5) is 0 Å². The monoisotopic (exact) mass is 316 g/mol. The molecule has 3 rings (SSSR count). The van der Waals surface area contributed by atoms with E-state index in [-0.39, 0.29) is 5.91 Å². The third-order valence-electron chi connectivity index (χ3n) is 5.36. The van der Waals surface area contributed by atoms with E-state index in [0.29, 0.717) is 17.7 Å². The van der Waals surface area contributed by atoms with Crippen LogP contribution < -0.4 is 0 Å². The maximum absolute atomic E-state index is 12.8. The van der Waals surface area contributed by atoms with Crippen molar-refractivity contribution in [1.82, 2.24) is 19.8 Å². The lowest BCUT2D eigenvalue weighted by Crippen LogP contribution is -2.39. The summed E-state index contributed by atoms with van der Waals surface area (Å²) in [7, 11) is 4.06. The maximum Gasteiger partial charge on any atom is 0.274 e. The van der Waals surface area contributed by atoms with E-state index in [1.807, 2.05) is 18.1 Å². The third kappa shape index (κ3) is 3.89. The van der Waals surface area contributed by atoms with Gasteiger partial charge in [0.2, 0.25) is 0 Å². The Morgan fingerprint density at radius 2 is 1.96 bits per heavy atom. The van der Waals surface area contributed by atoms with Gasteiger partial charge < -0.3 is 9.80 Å². The van der Waals surface area contributed by atoms with E-state index in [9.17, 15) is 4.79 Å². The van der Waals surface area contributed by atoms with E-state index in [1.54, 1.807) is 6.20 Å². The lowest BCUT2D eigenvalue weighted by atomic mass is 9.94. The third-order valence-corrected chi connectivity index (χ3v) is 5.36. The number of nitrogens with zero attached hydrogens (tertiary/aromatic N) is 4. The summed E-state index contributed by atoms with van der Waals surface area (Å²) in [5.41, 5.74) is 1.48. The largest absolute Gasteiger partial charge is 0.337 e. The van der Waals surface area contributed by atoms with Gasteiger partial charge >= 0.3 is 0 Å². The summed E-state index contributed by atoms with van der Waals surface area (Å²) in [4.78, 5) is 25.9. The minimum absolute atomic E-state index is 0.0235. The predicted octanol–water partition coefficient (Wildman–Crippen LogP) is 2.69. The minimum Gasteiger partial charge on any atom is -0.337 e. The van der Waals surface area contributed by atoms with Gasteiger partial charge in [0.15, 0.2) is 0 Å². The Morgan fingerprint density at radius 1 is 1.17 bits per heavy atom. The summed E-state index contributed by atoms with van der Waals surface area (Å²) in [5.74, 6) is 0.421. The van der Waals surface area contributed by atoms with Gasteiger partial charge in [-0.05, 0) is 39.3 Å². The molecule has 1 aromatic heterocycles. The quantitative estimate of drug-likeness (QED) is 0.860. The first-order chi connectivity index (χ1) is 11.1. The van der Waals surface area contributed by atoms with Gasteiger partial charge in [0.05, 0.1) is 11.9 Å². The molecule has 1 aromatic rings. The molecule has 126 valence electrons. The molecule has 2 aliphatic rings. The van der Waals surface area contributed by atoms with Crippen LogP contribution in [0.3, 0.4) is 0 Å². The molecule has 1 amide bonds. The summed E-state index contributed by atoms with van der Waals surface area (Å²) in [6.07, 6.45) is 11.7. The lowest BCUT2D eigenvalue weighted by Gasteiger charge is -2.31. The smallest absolute Gasteiger partial charge is 0.274 e. The van der Waals surface area contributed by atoms with Crippen LogP contribution in [0.1, 0.15) is 67.0 Å². The van der Waals surface area contributed by atoms with Gasteiger partial charge in [-0.1, -0.05) is 19.3 Å². The zero-order valence-corrected chi connectivity index (χ0v) is 14.4. The van der Waals surface area contributed by atoms with E-state index in [2.05, 4.69) is 21.9 Å². The van der Waals surface area contributed by atoms with Gasteiger partial charge in [-0.3, -0.25) is 9.78 Å². The van der Waals surface area contributed by atoms with Crippen LogP contribution in [0, 0.1) is 0 Å². The van der Waals surface area contributed by atoms with E-state index in [4.69, 9.17) is 0 Å². The number of likely N-dealkylation sites (N-methyl/N-ethyl adjacent to an activating group) is 1. The molecular weight excluding hydrogens is 288 g/mol. The van der Waals surface area contributed by atoms with Gasteiger partial charge in [-0.15, -0.1) is 0 Å². The zero-order chi connectivity index (χ0) is 16.2. The number of likely N-dealkylation sites (tertiary alicyclic amines) is 1. The number of amides is 1. The number of hydrogen-bond acceptors (Lipinski definition) is 4. The van der Waals surface area contributed by atoms with Crippen molar-refractivity contribution < 1.29 is 4.79 Å². The number of piperidine rings is 1. The molecule has 0 bridgehead atoms. The summed E-state index contributed by atoms with van der Waals surface area (Å²) >= 11 is 0. The molecule has 0 unspecified atom stereocenters. The van der Waals surface area contributed by atoms with Crippen LogP contribution in [-0.2, 0) is 0 Å². The average molecular weight is 316 g/mol. The van der Waals surface area contributed by atoms with E-state index >= 15 is 0 Å². The first kappa shape index (κ1) is 16.4. The number of carbonyl (C=O) groups excluding carboxylic acids is 1. The summed E-state index contributed by atoms with van der Waals surface area (Å²) in [5, 5.41) is 0. The second kappa shape index (κ2) is 7.39. The number of rotatable bonds is 3. The van der Waals surface area contributed by atoms with Crippen LogP contribution in [0.2, 0.25) is 0 Å². The van der Waals surface area contributed by atoms with Gasteiger partial charge in [-0.2, -0.15) is 0 Å². The highest BCUT2D eigenvalue weighted by atomic mass is 16.2. The molecule has 1 aliphatic carbocycles. The predicted molar refractivity (Wildman–Crippen MR) is 90.5 cm³/mol. The number of carbonyl (C=O) groups is 1. The van der Waals surface area contributed by atoms with Gasteiger partial charge in [0.25, 0.3) is 5.91 Å². The molecule has 5 heteroatoms. The second-order valence-corrected chi connectivity index (χ2v) is 7.14. The normalized spacial score (nSPS) is 23.7. The molecule has 1 saturated heterocycles. The Kier molecular flexibility index (Phi) is 5.26. The van der Waals surface area contributed by atoms with Crippen molar-refractivity contribution in [2.24, 2.45) is 0 Å². The van der Waals surface area contributed by atoms with E-state index in [0.717, 1.165) is 38.0 Å². The molecule has 0 N–H and O–H groups in total. The number of aromatic nitrogens is 2. The Hall–Kier alpha value is -1.49. The van der Waals surface area contributed by atoms with Crippen molar-refractivity contribution in [3.63, 3.8) is 0 Å². The van der Waals surface area contributed by atoms with Gasteiger partial charge in [-0.25, -0.2) is 4.98 Å². The summed E-state index contributed by atoms with van der Waals surface area (Å²) < 4.78 is 0. The topological polar surface area (TPSA) is 49.3 Å². The van der Waals surface area contributed by atoms with Crippen molar-refractivity contribution in [2.45, 2.75) is 56.9 Å².